The lowest BCUT2D eigenvalue weighted by molar-refractivity contribution is -0.159. The van der Waals surface area contributed by atoms with Crippen LogP contribution in [0, 0.1) is 0 Å². The van der Waals surface area contributed by atoms with E-state index in [-0.39, 0.29) is 18.3 Å². The molecule has 2 aromatic rings. The number of para-hydroxylation sites is 1. The smallest absolute Gasteiger partial charge is 0.414 e. The topological polar surface area (TPSA) is 101 Å². The Kier molecular flexibility index (Phi) is 10.3. The number of piperazine rings is 1. The normalized spacial score (nSPS) is 15.9. The summed E-state index contributed by atoms with van der Waals surface area (Å²) in [6.45, 7) is 6.37. The molecule has 1 saturated heterocycles. The lowest BCUT2D eigenvalue weighted by Gasteiger charge is -2.36. The zero-order valence-electron chi connectivity index (χ0n) is 18.4. The predicted octanol–water partition coefficient (Wildman–Crippen LogP) is 2.36. The number of hydrogen-bond acceptors (Lipinski definition) is 5. The summed E-state index contributed by atoms with van der Waals surface area (Å²) in [5, 5.41) is 14.8. The lowest BCUT2D eigenvalue weighted by atomic mass is 10.0. The third kappa shape index (κ3) is 7.85. The van der Waals surface area contributed by atoms with Crippen LogP contribution in [0.5, 0.6) is 0 Å². The number of aryl methyl sites for hydroxylation is 1. The van der Waals surface area contributed by atoms with E-state index in [9.17, 15) is 4.79 Å². The molecular weight excluding hydrogens is 446 g/mol. The number of halogens is 1. The number of anilines is 1. The Balaban J connectivity index is 0.000000491. The number of carbonyl (C=O) groups is 3. The van der Waals surface area contributed by atoms with Gasteiger partial charge in [0.05, 0.1) is 6.54 Å². The Bertz CT molecular complexity index is 921. The van der Waals surface area contributed by atoms with E-state index in [1.165, 1.54) is 11.1 Å². The molecule has 2 heterocycles. The van der Waals surface area contributed by atoms with E-state index in [0.29, 0.717) is 6.54 Å². The summed E-state index contributed by atoms with van der Waals surface area (Å²) in [4.78, 5) is 37.9. The van der Waals surface area contributed by atoms with Crippen LogP contribution in [0.3, 0.4) is 0 Å². The van der Waals surface area contributed by atoms with Crippen LogP contribution in [0.2, 0.25) is 0 Å². The first-order valence-corrected chi connectivity index (χ1v) is 10.8. The molecule has 0 atom stereocenters. The minimum Gasteiger partial charge on any atom is -0.473 e. The Morgan fingerprint density at radius 2 is 1.33 bits per heavy atom. The minimum atomic E-state index is -1.82. The molecule has 1 fully saturated rings. The highest BCUT2D eigenvalue weighted by Crippen LogP contribution is 2.26. The summed E-state index contributed by atoms with van der Waals surface area (Å²) in [6.07, 6.45) is 2.14. The number of nitrogens with zero attached hydrogens (tertiary/aromatic N) is 3. The van der Waals surface area contributed by atoms with Gasteiger partial charge in [0, 0.05) is 45.0 Å². The van der Waals surface area contributed by atoms with Gasteiger partial charge in [0.2, 0.25) is 5.91 Å². The Morgan fingerprint density at radius 1 is 0.758 bits per heavy atom. The molecule has 2 aromatic carbocycles. The number of amides is 1. The summed E-state index contributed by atoms with van der Waals surface area (Å²) in [7, 11) is 0. The largest absolute Gasteiger partial charge is 0.473 e. The molecule has 1 amide bonds. The van der Waals surface area contributed by atoms with Gasteiger partial charge in [0.25, 0.3) is 0 Å². The molecule has 2 aliphatic heterocycles. The quantitative estimate of drug-likeness (QED) is 0.654. The molecule has 9 heteroatoms. The summed E-state index contributed by atoms with van der Waals surface area (Å²) in [6, 6.07) is 19.0. The molecule has 0 bridgehead atoms. The van der Waals surface area contributed by atoms with Crippen LogP contribution >= 0.6 is 12.4 Å². The van der Waals surface area contributed by atoms with Gasteiger partial charge >= 0.3 is 11.9 Å². The number of carboxylic acids is 2. The number of rotatable bonds is 4. The fourth-order valence-corrected chi connectivity index (χ4v) is 4.02. The second-order valence-electron chi connectivity index (χ2n) is 7.93. The molecule has 0 spiro atoms. The first-order chi connectivity index (χ1) is 15.4. The van der Waals surface area contributed by atoms with Gasteiger partial charge in [-0.1, -0.05) is 48.5 Å². The van der Waals surface area contributed by atoms with Gasteiger partial charge in [-0.15, -0.1) is 12.4 Å². The maximum Gasteiger partial charge on any atom is 0.414 e. The van der Waals surface area contributed by atoms with E-state index in [1.54, 1.807) is 0 Å². The highest BCUT2D eigenvalue weighted by molar-refractivity contribution is 6.27. The second-order valence-corrected chi connectivity index (χ2v) is 7.93. The van der Waals surface area contributed by atoms with E-state index in [4.69, 9.17) is 19.8 Å². The summed E-state index contributed by atoms with van der Waals surface area (Å²) < 4.78 is 0. The molecule has 0 aromatic heterocycles. The zero-order chi connectivity index (χ0) is 22.9. The van der Waals surface area contributed by atoms with Crippen molar-refractivity contribution in [3.8, 4) is 0 Å². The van der Waals surface area contributed by atoms with Crippen molar-refractivity contribution in [1.82, 2.24) is 9.80 Å². The third-order valence-electron chi connectivity index (χ3n) is 5.67. The van der Waals surface area contributed by atoms with Gasteiger partial charge in [-0.3, -0.25) is 14.6 Å². The van der Waals surface area contributed by atoms with E-state index >= 15 is 0 Å². The predicted molar refractivity (Wildman–Crippen MR) is 128 cm³/mol. The minimum absolute atomic E-state index is 0. The third-order valence-corrected chi connectivity index (χ3v) is 5.67. The van der Waals surface area contributed by atoms with Crippen molar-refractivity contribution >= 4 is 35.9 Å². The highest BCUT2D eigenvalue weighted by Gasteiger charge is 2.25. The first kappa shape index (κ1) is 26.3. The van der Waals surface area contributed by atoms with Crippen molar-refractivity contribution in [2.45, 2.75) is 19.4 Å². The molecule has 0 saturated carbocycles. The van der Waals surface area contributed by atoms with Crippen molar-refractivity contribution in [2.24, 2.45) is 0 Å². The van der Waals surface area contributed by atoms with Crippen LogP contribution in [0.25, 0.3) is 0 Å². The molecule has 4 rings (SSSR count). The molecule has 0 unspecified atom stereocenters. The molecule has 2 N–H and O–H groups in total. The number of carboxylic acid groups (broad SMARTS) is 2. The molecule has 33 heavy (non-hydrogen) atoms. The SMILES string of the molecule is Cl.O=C(CN1CCN(Cc2ccccc2)CC1)N1CCCc2ccccc21.O=C(O)C(=O)O. The van der Waals surface area contributed by atoms with E-state index < -0.39 is 11.9 Å². The molecule has 0 radical (unpaired) electrons. The number of fused-ring (bicyclic) bond motifs is 1. The second kappa shape index (κ2) is 12.9. The highest BCUT2D eigenvalue weighted by atomic mass is 35.5. The van der Waals surface area contributed by atoms with Gasteiger partial charge in [0.15, 0.2) is 0 Å². The molecular formula is C24H30ClN3O5. The Hall–Kier alpha value is -2.94. The van der Waals surface area contributed by atoms with Crippen molar-refractivity contribution in [2.75, 3.05) is 44.2 Å². The lowest BCUT2D eigenvalue weighted by Crippen LogP contribution is -2.50. The standard InChI is InChI=1S/C22H27N3O.C2H2O4.ClH/c26-22(25-12-6-10-20-9-4-5-11-21(20)25)18-24-15-13-23(14-16-24)17-19-7-2-1-3-8-19;3-1(4)2(5)6;/h1-5,7-9,11H,6,10,12-18H2;(H,3,4)(H,5,6);1H. The Morgan fingerprint density at radius 3 is 1.97 bits per heavy atom. The van der Waals surface area contributed by atoms with Gasteiger partial charge < -0.3 is 15.1 Å². The van der Waals surface area contributed by atoms with Crippen LogP contribution < -0.4 is 4.90 Å². The fraction of sp³-hybridized carbons (Fsp3) is 0.375. The van der Waals surface area contributed by atoms with Crippen molar-refractivity contribution < 1.29 is 24.6 Å². The summed E-state index contributed by atoms with van der Waals surface area (Å²) in [5.74, 6) is -3.40. The van der Waals surface area contributed by atoms with Gasteiger partial charge in [0.1, 0.15) is 0 Å². The number of benzene rings is 2. The molecule has 2 aliphatic rings. The maximum atomic E-state index is 12.9. The fourth-order valence-electron chi connectivity index (χ4n) is 4.02. The van der Waals surface area contributed by atoms with E-state index in [2.05, 4.69) is 58.3 Å². The molecule has 0 aliphatic carbocycles. The van der Waals surface area contributed by atoms with Gasteiger partial charge in [-0.2, -0.15) is 0 Å². The zero-order valence-corrected chi connectivity index (χ0v) is 19.2. The van der Waals surface area contributed by atoms with Crippen molar-refractivity contribution in [3.63, 3.8) is 0 Å². The molecule has 8 nitrogen and oxygen atoms in total. The van der Waals surface area contributed by atoms with Gasteiger partial charge in [-0.05, 0) is 30.0 Å². The van der Waals surface area contributed by atoms with Crippen molar-refractivity contribution in [1.29, 1.82) is 0 Å². The monoisotopic (exact) mass is 475 g/mol. The van der Waals surface area contributed by atoms with E-state index in [0.717, 1.165) is 57.8 Å². The van der Waals surface area contributed by atoms with Crippen LogP contribution in [0.4, 0.5) is 5.69 Å². The van der Waals surface area contributed by atoms with Crippen LogP contribution in [-0.4, -0.2) is 77.1 Å². The summed E-state index contributed by atoms with van der Waals surface area (Å²) >= 11 is 0. The van der Waals surface area contributed by atoms with Crippen LogP contribution in [0.15, 0.2) is 54.6 Å². The first-order valence-electron chi connectivity index (χ1n) is 10.8. The number of aliphatic carboxylic acids is 2. The summed E-state index contributed by atoms with van der Waals surface area (Å²) in [5.41, 5.74) is 3.79. The van der Waals surface area contributed by atoms with Crippen LogP contribution in [0.1, 0.15) is 17.5 Å². The van der Waals surface area contributed by atoms with Gasteiger partial charge in [-0.25, -0.2) is 9.59 Å². The average molecular weight is 476 g/mol. The van der Waals surface area contributed by atoms with E-state index in [1.807, 2.05) is 11.0 Å². The van der Waals surface area contributed by atoms with Crippen molar-refractivity contribution in [3.05, 3.63) is 65.7 Å². The Labute approximate surface area is 199 Å². The maximum absolute atomic E-state index is 12.9. The molecule has 178 valence electrons. The van der Waals surface area contributed by atoms with Crippen LogP contribution in [-0.2, 0) is 27.3 Å². The average Bonchev–Trinajstić information content (AvgIpc) is 2.81. The number of hydrogen-bond donors (Lipinski definition) is 2. The number of carbonyl (C=O) groups excluding carboxylic acids is 1.